The molecular formula is C58H78N12O15. The summed E-state index contributed by atoms with van der Waals surface area (Å²) >= 11 is 0. The second-order valence-electron chi connectivity index (χ2n) is 21.8. The number of benzene rings is 3. The van der Waals surface area contributed by atoms with Crippen molar-refractivity contribution in [3.8, 4) is 11.5 Å². The summed E-state index contributed by atoms with van der Waals surface area (Å²) in [6, 6.07) is 6.35. The largest absolute Gasteiger partial charge is 0.508 e. The van der Waals surface area contributed by atoms with Crippen LogP contribution >= 0.6 is 0 Å². The number of rotatable bonds is 34. The first kappa shape index (κ1) is 68.1. The van der Waals surface area contributed by atoms with E-state index in [-0.39, 0.29) is 61.9 Å². The maximum absolute atomic E-state index is 14.7. The van der Waals surface area contributed by atoms with Crippen molar-refractivity contribution in [1.82, 2.24) is 52.5 Å². The number of carboxylic acid groups (broad SMARTS) is 2. The molecule has 0 radical (unpaired) electrons. The molecule has 0 aliphatic carbocycles. The molecule has 0 spiro atoms. The summed E-state index contributed by atoms with van der Waals surface area (Å²) in [5, 5.41) is 59.4. The highest BCUT2D eigenvalue weighted by molar-refractivity contribution is 5.99. The number of phenols is 2. The van der Waals surface area contributed by atoms with Gasteiger partial charge in [-0.1, -0.05) is 96.1 Å². The average Bonchev–Trinajstić information content (AvgIpc) is 3.94. The van der Waals surface area contributed by atoms with Gasteiger partial charge in [0.15, 0.2) is 0 Å². The summed E-state index contributed by atoms with van der Waals surface area (Å²) in [7, 11) is 0. The number of carbonyl (C=O) groups is 11. The number of nitrogens with two attached hydrogens (primary N) is 2. The Balaban J connectivity index is 1.64. The molecule has 17 N–H and O–H groups in total. The minimum absolute atomic E-state index is 0.0291. The number of imidazole rings is 1. The standard InChI is InChI=1S/C58H78N12O15/c1-30(2)20-40(51(77)63-41(21-31(3)4)52(78)69-46(58(84)85)24-35-14-18-38(72)19-15-35)64-53(79)42(22-33-10-8-7-9-11-33)65-55(81)44(25-36-28-61-29-62-36)66-56(82)45(27-47(60)73)67-54(80)43(23-34-12-16-37(71)17-13-34)68-57(83)49(32(5)6)70-50(76)39(59)26-48(74)75/h7-19,28-32,39-46,49,71-72H,20-27,59H2,1-6H3,(H2,60,73)(H,61,62)(H,63,77)(H,64,79)(H,65,81)(H,66,82)(H,67,80)(H,68,83)(H,69,78)(H,70,76)(H,74,75)(H,84,85)/t39-,40-,41-,42-,43-,44-,45-,46-,49-/m0/s1. The molecule has 3 aromatic carbocycles. The van der Waals surface area contributed by atoms with Gasteiger partial charge in [0.25, 0.3) is 0 Å². The van der Waals surface area contributed by atoms with Crippen molar-refractivity contribution in [2.75, 3.05) is 0 Å². The maximum atomic E-state index is 14.7. The van der Waals surface area contributed by atoms with Gasteiger partial charge in [-0.25, -0.2) is 9.78 Å². The van der Waals surface area contributed by atoms with E-state index in [4.69, 9.17) is 16.6 Å². The molecule has 4 rings (SSSR count). The Morgan fingerprint density at radius 2 is 0.859 bits per heavy atom. The Hall–Kier alpha value is -9.40. The number of hydrogen-bond acceptors (Lipinski definition) is 15. The van der Waals surface area contributed by atoms with Crippen LogP contribution < -0.4 is 54.0 Å². The molecule has 1 heterocycles. The Bertz CT molecular complexity index is 2920. The third-order valence-electron chi connectivity index (χ3n) is 13.2. The van der Waals surface area contributed by atoms with E-state index in [1.54, 1.807) is 71.9 Å². The molecule has 9 atom stereocenters. The van der Waals surface area contributed by atoms with E-state index in [0.29, 0.717) is 22.4 Å². The molecule has 0 fully saturated rings. The first-order chi connectivity index (χ1) is 40.1. The molecule has 0 aliphatic rings. The Kier molecular flexibility index (Phi) is 26.5. The van der Waals surface area contributed by atoms with Gasteiger partial charge in [-0.15, -0.1) is 0 Å². The zero-order valence-corrected chi connectivity index (χ0v) is 48.1. The normalized spacial score (nSPS) is 14.4. The van der Waals surface area contributed by atoms with Gasteiger partial charge in [-0.3, -0.25) is 47.9 Å². The van der Waals surface area contributed by atoms with Crippen molar-refractivity contribution < 1.29 is 73.2 Å². The number of aromatic nitrogens is 2. The van der Waals surface area contributed by atoms with Crippen LogP contribution in [0.1, 0.15) is 89.6 Å². The van der Waals surface area contributed by atoms with Crippen molar-refractivity contribution >= 4 is 65.1 Å². The monoisotopic (exact) mass is 1180 g/mol. The third kappa shape index (κ3) is 23.4. The van der Waals surface area contributed by atoms with Crippen LogP contribution in [0.2, 0.25) is 0 Å². The van der Waals surface area contributed by atoms with E-state index in [0.717, 1.165) is 0 Å². The second kappa shape index (κ2) is 33.0. The summed E-state index contributed by atoms with van der Waals surface area (Å²) in [6.07, 6.45) is 0.225. The number of primary amides is 1. The van der Waals surface area contributed by atoms with Crippen LogP contribution in [0.3, 0.4) is 0 Å². The number of aliphatic carboxylic acids is 2. The number of aromatic hydroxyl groups is 2. The number of nitrogens with zero attached hydrogens (tertiary/aromatic N) is 1. The van der Waals surface area contributed by atoms with Crippen molar-refractivity contribution in [3.05, 3.63) is 114 Å². The van der Waals surface area contributed by atoms with Gasteiger partial charge in [-0.2, -0.15) is 0 Å². The smallest absolute Gasteiger partial charge is 0.326 e. The molecule has 0 bridgehead atoms. The summed E-state index contributed by atoms with van der Waals surface area (Å²) in [5.74, 6) is -12.6. The molecule has 460 valence electrons. The van der Waals surface area contributed by atoms with Crippen molar-refractivity contribution in [2.45, 2.75) is 147 Å². The molecule has 85 heavy (non-hydrogen) atoms. The number of phenolic OH excluding ortho intramolecular Hbond substituents is 2. The highest BCUT2D eigenvalue weighted by Gasteiger charge is 2.37. The minimum atomic E-state index is -1.83. The minimum Gasteiger partial charge on any atom is -0.508 e. The number of aromatic amines is 1. The number of carboxylic acids is 2. The predicted molar refractivity (Wildman–Crippen MR) is 307 cm³/mol. The number of carbonyl (C=O) groups excluding carboxylic acids is 9. The van der Waals surface area contributed by atoms with E-state index < -0.39 is 138 Å². The van der Waals surface area contributed by atoms with Gasteiger partial charge < -0.3 is 79.4 Å². The van der Waals surface area contributed by atoms with Crippen LogP contribution in [0.5, 0.6) is 11.5 Å². The van der Waals surface area contributed by atoms with Crippen LogP contribution in [0.25, 0.3) is 0 Å². The molecule has 0 aliphatic heterocycles. The quantitative estimate of drug-likeness (QED) is 0.0280. The van der Waals surface area contributed by atoms with Crippen LogP contribution in [0.15, 0.2) is 91.4 Å². The summed E-state index contributed by atoms with van der Waals surface area (Å²) in [5.41, 5.74) is 13.1. The fraction of sp³-hybridized carbons (Fsp3) is 0.448. The van der Waals surface area contributed by atoms with E-state index >= 15 is 0 Å². The van der Waals surface area contributed by atoms with Crippen molar-refractivity contribution in [1.29, 1.82) is 0 Å². The fourth-order valence-electron chi connectivity index (χ4n) is 8.82. The van der Waals surface area contributed by atoms with Gasteiger partial charge >= 0.3 is 11.9 Å². The van der Waals surface area contributed by atoms with Crippen LogP contribution in [-0.4, -0.2) is 150 Å². The third-order valence-corrected chi connectivity index (χ3v) is 13.2. The maximum Gasteiger partial charge on any atom is 0.326 e. The number of amides is 9. The predicted octanol–water partition coefficient (Wildman–Crippen LogP) is -0.520. The Labute approximate surface area is 491 Å². The molecule has 0 saturated heterocycles. The van der Waals surface area contributed by atoms with E-state index in [2.05, 4.69) is 52.5 Å². The molecule has 0 saturated carbocycles. The van der Waals surface area contributed by atoms with Gasteiger partial charge in [0, 0.05) is 37.6 Å². The molecule has 27 heteroatoms. The van der Waals surface area contributed by atoms with Gasteiger partial charge in [0.2, 0.25) is 53.2 Å². The first-order valence-corrected chi connectivity index (χ1v) is 27.6. The summed E-state index contributed by atoms with van der Waals surface area (Å²) in [4.78, 5) is 156. The lowest BCUT2D eigenvalue weighted by atomic mass is 9.98. The van der Waals surface area contributed by atoms with E-state index in [1.165, 1.54) is 61.1 Å². The van der Waals surface area contributed by atoms with Gasteiger partial charge in [0.1, 0.15) is 59.8 Å². The lowest BCUT2D eigenvalue weighted by molar-refractivity contribution is -0.142. The highest BCUT2D eigenvalue weighted by Crippen LogP contribution is 2.16. The lowest BCUT2D eigenvalue weighted by Crippen LogP contribution is -2.61. The second-order valence-corrected chi connectivity index (χ2v) is 21.8. The van der Waals surface area contributed by atoms with Crippen molar-refractivity contribution in [2.24, 2.45) is 29.2 Å². The highest BCUT2D eigenvalue weighted by atomic mass is 16.4. The Morgan fingerprint density at radius 1 is 0.471 bits per heavy atom. The number of nitrogens with one attached hydrogen (secondary N) is 9. The SMILES string of the molecule is CC(C)C[C@H](NC(=O)[C@H](CC(C)C)NC(=O)[C@H](Cc1ccccc1)NC(=O)[C@H](Cc1cnc[nH]1)NC(=O)[C@H](CC(N)=O)NC(=O)[C@H](Cc1ccc(O)cc1)NC(=O)[C@@H](NC(=O)[C@@H](N)CC(=O)O)C(C)C)C(=O)N[C@@H](Cc1ccc(O)cc1)C(=O)O. The topological polar surface area (TPSA) is 446 Å². The molecule has 0 unspecified atom stereocenters. The van der Waals surface area contributed by atoms with Crippen LogP contribution in [0, 0.1) is 17.8 Å². The number of H-pyrrole nitrogens is 1. The summed E-state index contributed by atoms with van der Waals surface area (Å²) in [6.45, 7) is 10.3. The van der Waals surface area contributed by atoms with Crippen LogP contribution in [0.4, 0.5) is 0 Å². The van der Waals surface area contributed by atoms with Gasteiger partial charge in [-0.05, 0) is 71.6 Å². The zero-order valence-electron chi connectivity index (χ0n) is 48.1. The van der Waals surface area contributed by atoms with Gasteiger partial charge in [0.05, 0.1) is 25.2 Å². The van der Waals surface area contributed by atoms with E-state index in [9.17, 15) is 68.1 Å². The molecule has 9 amide bonds. The first-order valence-electron chi connectivity index (χ1n) is 27.6. The Morgan fingerprint density at radius 3 is 1.27 bits per heavy atom. The molecule has 1 aromatic heterocycles. The molecule has 27 nitrogen and oxygen atoms in total. The fourth-order valence-corrected chi connectivity index (χ4v) is 8.82. The number of hydrogen-bond donors (Lipinski definition) is 15. The zero-order chi connectivity index (χ0) is 63.1. The average molecular weight is 1180 g/mol. The molecule has 4 aromatic rings. The molecular weight excluding hydrogens is 1100 g/mol. The van der Waals surface area contributed by atoms with E-state index in [1.807, 2.05) is 0 Å². The summed E-state index contributed by atoms with van der Waals surface area (Å²) < 4.78 is 0. The van der Waals surface area contributed by atoms with Crippen LogP contribution in [-0.2, 0) is 78.4 Å². The van der Waals surface area contributed by atoms with Crippen molar-refractivity contribution in [3.63, 3.8) is 0 Å². The lowest BCUT2D eigenvalue weighted by Gasteiger charge is -2.29.